The van der Waals surface area contributed by atoms with Crippen molar-refractivity contribution in [3.8, 4) is 28.5 Å². The van der Waals surface area contributed by atoms with Crippen LogP contribution in [0.25, 0.3) is 27.9 Å². The van der Waals surface area contributed by atoms with Crippen LogP contribution in [-0.2, 0) is 7.05 Å². The van der Waals surface area contributed by atoms with Gasteiger partial charge in [0.1, 0.15) is 11.9 Å². The number of nitrogens with two attached hydrogens (primary N) is 1. The summed E-state index contributed by atoms with van der Waals surface area (Å²) >= 11 is 0. The molecule has 2 fully saturated rings. The Morgan fingerprint density at radius 3 is 2.55 bits per heavy atom. The van der Waals surface area contributed by atoms with Gasteiger partial charge in [0.25, 0.3) is 0 Å². The molecule has 8 nitrogen and oxygen atoms in total. The van der Waals surface area contributed by atoms with Gasteiger partial charge in [-0.15, -0.1) is 0 Å². The molecule has 33 heavy (non-hydrogen) atoms. The number of nitriles is 1. The van der Waals surface area contributed by atoms with Gasteiger partial charge in [0.2, 0.25) is 0 Å². The van der Waals surface area contributed by atoms with E-state index in [0.717, 1.165) is 59.7 Å². The van der Waals surface area contributed by atoms with Crippen LogP contribution in [0.4, 0.5) is 5.82 Å². The first-order chi connectivity index (χ1) is 15.9. The Balaban J connectivity index is 1.36. The topological polar surface area (TPSA) is 101 Å². The third-order valence-corrected chi connectivity index (χ3v) is 7.16. The quantitative estimate of drug-likeness (QED) is 0.527. The number of hydrogen-bond acceptors (Lipinski definition) is 6. The molecule has 0 aromatic carbocycles. The van der Waals surface area contributed by atoms with Gasteiger partial charge in [-0.3, -0.25) is 4.68 Å². The molecule has 0 bridgehead atoms. The number of aromatic nitrogens is 5. The zero-order chi connectivity index (χ0) is 22.7. The van der Waals surface area contributed by atoms with Crippen LogP contribution in [0.3, 0.4) is 0 Å². The molecule has 0 amide bonds. The molecule has 3 atom stereocenters. The van der Waals surface area contributed by atoms with Gasteiger partial charge in [-0.1, -0.05) is 0 Å². The smallest absolute Gasteiger partial charge is 0.128 e. The summed E-state index contributed by atoms with van der Waals surface area (Å²) < 4.78 is 3.54. The van der Waals surface area contributed by atoms with Gasteiger partial charge in [0.15, 0.2) is 0 Å². The summed E-state index contributed by atoms with van der Waals surface area (Å²) in [5.74, 6) is 2.31. The van der Waals surface area contributed by atoms with E-state index in [1.165, 1.54) is 0 Å². The standard InChI is InChI=1S/C25H26N8/c1-25(27)8-18-13-32(14-19(18)9-25)23-4-3-16(11-28-23)21-7-17(22-5-6-31(2)30-22)15-33-24(21)20(10-26)12-29-33/h3-7,11-12,15,18-19H,8-9,13-14,27H2,1-2H3/t18-,19+,25+. The maximum absolute atomic E-state index is 9.64. The third-order valence-electron chi connectivity index (χ3n) is 7.16. The molecule has 166 valence electrons. The molecule has 0 unspecified atom stereocenters. The zero-order valence-corrected chi connectivity index (χ0v) is 18.8. The maximum Gasteiger partial charge on any atom is 0.128 e. The second kappa shape index (κ2) is 7.15. The number of anilines is 1. The van der Waals surface area contributed by atoms with E-state index in [1.54, 1.807) is 15.4 Å². The first-order valence-corrected chi connectivity index (χ1v) is 11.3. The van der Waals surface area contributed by atoms with Gasteiger partial charge in [-0.05, 0) is 55.9 Å². The van der Waals surface area contributed by atoms with Gasteiger partial charge >= 0.3 is 0 Å². The molecule has 8 heteroatoms. The highest BCUT2D eigenvalue weighted by atomic mass is 15.3. The van der Waals surface area contributed by atoms with Crippen molar-refractivity contribution in [3.63, 3.8) is 0 Å². The number of pyridine rings is 2. The van der Waals surface area contributed by atoms with Crippen LogP contribution in [0, 0.1) is 23.2 Å². The van der Waals surface area contributed by atoms with Gasteiger partial charge in [-0.2, -0.15) is 15.5 Å². The predicted octanol–water partition coefficient (Wildman–Crippen LogP) is 3.23. The number of rotatable bonds is 3. The van der Waals surface area contributed by atoms with E-state index in [0.29, 0.717) is 17.4 Å². The molecule has 1 aliphatic heterocycles. The number of nitrogens with zero attached hydrogens (tertiary/aromatic N) is 7. The molecule has 2 N–H and O–H groups in total. The normalized spacial score (nSPS) is 24.4. The van der Waals surface area contributed by atoms with Crippen molar-refractivity contribution in [3.05, 3.63) is 54.6 Å². The van der Waals surface area contributed by atoms with E-state index in [4.69, 9.17) is 10.7 Å². The number of hydrogen-bond donors (Lipinski definition) is 1. The summed E-state index contributed by atoms with van der Waals surface area (Å²) in [4.78, 5) is 7.20. The minimum absolute atomic E-state index is 0.0214. The van der Waals surface area contributed by atoms with Crippen molar-refractivity contribution in [1.29, 1.82) is 5.26 Å². The predicted molar refractivity (Wildman–Crippen MR) is 126 cm³/mol. The second-order valence-corrected chi connectivity index (χ2v) is 9.87. The monoisotopic (exact) mass is 438 g/mol. The lowest BCUT2D eigenvalue weighted by molar-refractivity contribution is 0.449. The van der Waals surface area contributed by atoms with Crippen molar-refractivity contribution in [2.75, 3.05) is 18.0 Å². The average molecular weight is 439 g/mol. The lowest BCUT2D eigenvalue weighted by Gasteiger charge is -2.23. The molecule has 2 aliphatic rings. The van der Waals surface area contributed by atoms with Crippen LogP contribution < -0.4 is 10.6 Å². The van der Waals surface area contributed by atoms with Gasteiger partial charge in [0.05, 0.1) is 23.0 Å². The SMILES string of the molecule is Cn1ccc(-c2cc(-c3ccc(N4C[C@@H]5C[C@@](C)(N)C[C@@H]5C4)nc3)c3c(C#N)cnn3c2)n1. The minimum Gasteiger partial charge on any atom is -0.356 e. The molecular formula is C25H26N8. The second-order valence-electron chi connectivity index (χ2n) is 9.87. The molecule has 5 heterocycles. The van der Waals surface area contributed by atoms with Crippen molar-refractivity contribution in [2.24, 2.45) is 24.6 Å². The highest BCUT2D eigenvalue weighted by Gasteiger charge is 2.45. The molecule has 6 rings (SSSR count). The summed E-state index contributed by atoms with van der Waals surface area (Å²) in [6.07, 6.45) is 9.51. The molecule has 1 saturated heterocycles. The van der Waals surface area contributed by atoms with Crippen molar-refractivity contribution >= 4 is 11.3 Å². The lowest BCUT2D eigenvalue weighted by atomic mass is 10.00. The molecule has 0 spiro atoms. The number of aryl methyl sites for hydroxylation is 1. The fraction of sp³-hybridized carbons (Fsp3) is 0.360. The molecule has 1 aliphatic carbocycles. The average Bonchev–Trinajstić information content (AvgIpc) is 3.55. The van der Waals surface area contributed by atoms with E-state index >= 15 is 0 Å². The van der Waals surface area contributed by atoms with E-state index in [-0.39, 0.29) is 5.54 Å². The highest BCUT2D eigenvalue weighted by Crippen LogP contribution is 2.43. The van der Waals surface area contributed by atoms with Crippen molar-refractivity contribution in [1.82, 2.24) is 24.4 Å². The summed E-state index contributed by atoms with van der Waals surface area (Å²) in [5.41, 5.74) is 11.3. The Morgan fingerprint density at radius 1 is 1.12 bits per heavy atom. The minimum atomic E-state index is -0.0214. The Kier molecular flexibility index (Phi) is 4.32. The zero-order valence-electron chi connectivity index (χ0n) is 18.8. The largest absolute Gasteiger partial charge is 0.356 e. The molecular weight excluding hydrogens is 412 g/mol. The third kappa shape index (κ3) is 3.36. The summed E-state index contributed by atoms with van der Waals surface area (Å²) in [5, 5.41) is 18.6. The van der Waals surface area contributed by atoms with E-state index in [9.17, 15) is 5.26 Å². The van der Waals surface area contributed by atoms with Crippen LogP contribution in [-0.4, -0.2) is 43.0 Å². The molecule has 4 aromatic heterocycles. The van der Waals surface area contributed by atoms with E-state index in [1.807, 2.05) is 31.7 Å². The van der Waals surface area contributed by atoms with Gasteiger partial charge in [-0.25, -0.2) is 9.50 Å². The van der Waals surface area contributed by atoms with Crippen LogP contribution in [0.2, 0.25) is 0 Å². The summed E-state index contributed by atoms with van der Waals surface area (Å²) in [6, 6.07) is 10.5. The van der Waals surface area contributed by atoms with Crippen LogP contribution >= 0.6 is 0 Å². The van der Waals surface area contributed by atoms with E-state index in [2.05, 4.69) is 46.3 Å². The molecule has 4 aromatic rings. The maximum atomic E-state index is 9.64. The van der Waals surface area contributed by atoms with Crippen LogP contribution in [0.15, 0.2) is 49.1 Å². The van der Waals surface area contributed by atoms with Crippen LogP contribution in [0.1, 0.15) is 25.3 Å². The van der Waals surface area contributed by atoms with Crippen LogP contribution in [0.5, 0.6) is 0 Å². The Morgan fingerprint density at radius 2 is 1.91 bits per heavy atom. The number of fused-ring (bicyclic) bond motifs is 2. The highest BCUT2D eigenvalue weighted by molar-refractivity contribution is 5.87. The van der Waals surface area contributed by atoms with Crippen molar-refractivity contribution in [2.45, 2.75) is 25.3 Å². The molecule has 1 saturated carbocycles. The first-order valence-electron chi connectivity index (χ1n) is 11.3. The van der Waals surface area contributed by atoms with Gasteiger partial charge < -0.3 is 10.6 Å². The fourth-order valence-electron chi connectivity index (χ4n) is 5.73. The summed E-state index contributed by atoms with van der Waals surface area (Å²) in [6.45, 7) is 4.21. The van der Waals surface area contributed by atoms with Gasteiger partial charge in [0, 0.05) is 61.0 Å². The molecule has 0 radical (unpaired) electrons. The van der Waals surface area contributed by atoms with E-state index < -0.39 is 0 Å². The van der Waals surface area contributed by atoms with Crippen molar-refractivity contribution < 1.29 is 0 Å². The summed E-state index contributed by atoms with van der Waals surface area (Å²) in [7, 11) is 1.90. The Hall–Kier alpha value is -3.70. The Labute approximate surface area is 192 Å². The lowest BCUT2D eigenvalue weighted by Crippen LogP contribution is -2.35. The first kappa shape index (κ1) is 19.9. The fourth-order valence-corrected chi connectivity index (χ4v) is 5.73. The Bertz CT molecular complexity index is 1370.